The summed E-state index contributed by atoms with van der Waals surface area (Å²) in [7, 11) is 0. The summed E-state index contributed by atoms with van der Waals surface area (Å²) < 4.78 is 15.4. The first kappa shape index (κ1) is 20.9. The minimum atomic E-state index is -0.330. The van der Waals surface area contributed by atoms with Crippen molar-refractivity contribution >= 4 is 22.7 Å². The smallest absolute Gasteiger partial charge is 0.254 e. The van der Waals surface area contributed by atoms with Gasteiger partial charge in [-0.05, 0) is 46.8 Å². The maximum absolute atomic E-state index is 13.7. The van der Waals surface area contributed by atoms with E-state index in [1.165, 1.54) is 12.1 Å². The summed E-state index contributed by atoms with van der Waals surface area (Å²) in [5.41, 5.74) is 3.53. The summed E-state index contributed by atoms with van der Waals surface area (Å²) in [6, 6.07) is 24.0. The average molecular weight is 442 g/mol. The van der Waals surface area contributed by atoms with E-state index in [9.17, 15) is 14.0 Å². The van der Waals surface area contributed by atoms with Gasteiger partial charge in [0.15, 0.2) is 0 Å². The molecule has 0 aliphatic carbocycles. The zero-order valence-electron chi connectivity index (χ0n) is 18.1. The summed E-state index contributed by atoms with van der Waals surface area (Å²) in [6.07, 6.45) is 1.79. The van der Waals surface area contributed by atoms with E-state index in [2.05, 4.69) is 5.32 Å². The third-order valence-electron chi connectivity index (χ3n) is 6.20. The normalized spacial score (nSPS) is 13.8. The maximum atomic E-state index is 13.7. The van der Waals surface area contributed by atoms with Crippen molar-refractivity contribution in [3.63, 3.8) is 0 Å². The van der Waals surface area contributed by atoms with Crippen LogP contribution in [0.15, 0.2) is 85.1 Å². The van der Waals surface area contributed by atoms with Gasteiger partial charge in [0.2, 0.25) is 5.91 Å². The van der Waals surface area contributed by atoms with Crippen LogP contribution in [0.3, 0.4) is 0 Å². The van der Waals surface area contributed by atoms with Crippen LogP contribution in [0.4, 0.5) is 4.39 Å². The molecule has 2 heterocycles. The highest BCUT2D eigenvalue weighted by atomic mass is 19.1. The Bertz CT molecular complexity index is 1320. The molecule has 166 valence electrons. The highest BCUT2D eigenvalue weighted by Crippen LogP contribution is 2.26. The van der Waals surface area contributed by atoms with Crippen molar-refractivity contribution < 1.29 is 14.0 Å². The molecular formula is C27H24FN3O2. The van der Waals surface area contributed by atoms with Crippen LogP contribution in [-0.2, 0) is 17.9 Å². The standard InChI is InChI=1S/C27H24FN3O2/c28-23-11-10-20-12-13-30(25(20)14-23)18-26(32)29-15-22(19-6-2-1-3-7-19)17-31-16-21-8-4-5-9-24(21)27(31)33/h1-14,22H,15-18H2,(H,29,32). The van der Waals surface area contributed by atoms with Gasteiger partial charge in [-0.25, -0.2) is 4.39 Å². The Kier molecular flexibility index (Phi) is 5.65. The second-order valence-electron chi connectivity index (χ2n) is 8.40. The van der Waals surface area contributed by atoms with E-state index in [0.717, 1.165) is 22.1 Å². The number of rotatable bonds is 7. The molecule has 33 heavy (non-hydrogen) atoms. The van der Waals surface area contributed by atoms with E-state index in [1.807, 2.05) is 65.6 Å². The van der Waals surface area contributed by atoms with Crippen LogP contribution in [0.25, 0.3) is 10.9 Å². The molecule has 1 aliphatic rings. The van der Waals surface area contributed by atoms with Gasteiger partial charge in [0, 0.05) is 37.3 Å². The Morgan fingerprint density at radius 3 is 2.61 bits per heavy atom. The number of halogens is 1. The maximum Gasteiger partial charge on any atom is 0.254 e. The van der Waals surface area contributed by atoms with Gasteiger partial charge in [-0.3, -0.25) is 9.59 Å². The second-order valence-corrected chi connectivity index (χ2v) is 8.40. The molecule has 4 aromatic rings. The molecule has 6 heteroatoms. The zero-order valence-corrected chi connectivity index (χ0v) is 18.1. The fourth-order valence-corrected chi connectivity index (χ4v) is 4.48. The highest BCUT2D eigenvalue weighted by molar-refractivity contribution is 5.98. The van der Waals surface area contributed by atoms with E-state index in [0.29, 0.717) is 25.2 Å². The Morgan fingerprint density at radius 2 is 1.79 bits per heavy atom. The van der Waals surface area contributed by atoms with E-state index < -0.39 is 0 Å². The number of aromatic nitrogens is 1. The minimum Gasteiger partial charge on any atom is -0.354 e. The van der Waals surface area contributed by atoms with Crippen LogP contribution in [0.2, 0.25) is 0 Å². The van der Waals surface area contributed by atoms with Gasteiger partial charge in [-0.15, -0.1) is 0 Å². The Hall–Kier alpha value is -3.93. The van der Waals surface area contributed by atoms with Gasteiger partial charge in [0.1, 0.15) is 12.4 Å². The van der Waals surface area contributed by atoms with Gasteiger partial charge < -0.3 is 14.8 Å². The average Bonchev–Trinajstić information content (AvgIpc) is 3.37. The van der Waals surface area contributed by atoms with Crippen LogP contribution in [0.1, 0.15) is 27.4 Å². The largest absolute Gasteiger partial charge is 0.354 e. The van der Waals surface area contributed by atoms with Crippen LogP contribution >= 0.6 is 0 Å². The zero-order chi connectivity index (χ0) is 22.8. The van der Waals surface area contributed by atoms with E-state index >= 15 is 0 Å². The third-order valence-corrected chi connectivity index (χ3v) is 6.20. The van der Waals surface area contributed by atoms with Gasteiger partial charge in [-0.1, -0.05) is 48.5 Å². The van der Waals surface area contributed by atoms with Crippen molar-refractivity contribution in [2.75, 3.05) is 13.1 Å². The van der Waals surface area contributed by atoms with Crippen LogP contribution in [-0.4, -0.2) is 34.4 Å². The molecule has 0 spiro atoms. The molecule has 1 atom stereocenters. The monoisotopic (exact) mass is 441 g/mol. The number of carbonyl (C=O) groups excluding carboxylic acids is 2. The van der Waals surface area contributed by atoms with Crippen molar-refractivity contribution in [1.82, 2.24) is 14.8 Å². The molecule has 0 fully saturated rings. The molecule has 1 unspecified atom stereocenters. The topological polar surface area (TPSA) is 54.3 Å². The molecule has 1 aliphatic heterocycles. The number of amides is 2. The lowest BCUT2D eigenvalue weighted by Crippen LogP contribution is -2.37. The predicted octanol–water partition coefficient (Wildman–Crippen LogP) is 4.34. The van der Waals surface area contributed by atoms with Gasteiger partial charge >= 0.3 is 0 Å². The predicted molar refractivity (Wildman–Crippen MR) is 125 cm³/mol. The molecule has 1 aromatic heterocycles. The van der Waals surface area contributed by atoms with Crippen LogP contribution < -0.4 is 5.32 Å². The molecule has 0 saturated heterocycles. The van der Waals surface area contributed by atoms with Crippen molar-refractivity contribution in [2.45, 2.75) is 19.0 Å². The van der Waals surface area contributed by atoms with Crippen molar-refractivity contribution in [1.29, 1.82) is 0 Å². The molecule has 5 rings (SSSR count). The molecule has 1 N–H and O–H groups in total. The summed E-state index contributed by atoms with van der Waals surface area (Å²) in [5, 5.41) is 3.90. The first-order valence-electron chi connectivity index (χ1n) is 11.0. The number of fused-ring (bicyclic) bond motifs is 2. The molecule has 0 saturated carbocycles. The Labute approximate surface area is 191 Å². The minimum absolute atomic E-state index is 0.0266. The molecule has 3 aromatic carbocycles. The molecule has 0 bridgehead atoms. The second kappa shape index (κ2) is 8.90. The fraction of sp³-hybridized carbons (Fsp3) is 0.185. The number of carbonyl (C=O) groups is 2. The Balaban J connectivity index is 1.28. The first-order valence-corrected chi connectivity index (χ1v) is 11.0. The summed E-state index contributed by atoms with van der Waals surface area (Å²) in [5.74, 6) is -0.511. The Morgan fingerprint density at radius 1 is 1.00 bits per heavy atom. The fourth-order valence-electron chi connectivity index (χ4n) is 4.48. The molecular weight excluding hydrogens is 417 g/mol. The molecule has 5 nitrogen and oxygen atoms in total. The SMILES string of the molecule is O=C(Cn1ccc2ccc(F)cc21)NCC(CN1Cc2ccccc2C1=O)c1ccccc1. The summed E-state index contributed by atoms with van der Waals surface area (Å²) in [4.78, 5) is 27.5. The lowest BCUT2D eigenvalue weighted by atomic mass is 9.98. The summed E-state index contributed by atoms with van der Waals surface area (Å²) >= 11 is 0. The molecule has 0 radical (unpaired) electrons. The third kappa shape index (κ3) is 4.37. The van der Waals surface area contributed by atoms with Gasteiger partial charge in [0.25, 0.3) is 5.91 Å². The number of benzene rings is 3. The number of hydrogen-bond acceptors (Lipinski definition) is 2. The van der Waals surface area contributed by atoms with Crippen molar-refractivity contribution in [3.8, 4) is 0 Å². The van der Waals surface area contributed by atoms with Crippen molar-refractivity contribution in [3.05, 3.63) is 108 Å². The number of nitrogens with zero attached hydrogens (tertiary/aromatic N) is 2. The van der Waals surface area contributed by atoms with E-state index in [4.69, 9.17) is 0 Å². The molecule has 2 amide bonds. The van der Waals surface area contributed by atoms with Gasteiger partial charge in [-0.2, -0.15) is 0 Å². The number of nitrogens with one attached hydrogen (secondary N) is 1. The lowest BCUT2D eigenvalue weighted by molar-refractivity contribution is -0.121. The lowest BCUT2D eigenvalue weighted by Gasteiger charge is -2.24. The van der Waals surface area contributed by atoms with Crippen LogP contribution in [0, 0.1) is 5.82 Å². The van der Waals surface area contributed by atoms with Crippen LogP contribution in [0.5, 0.6) is 0 Å². The van der Waals surface area contributed by atoms with E-state index in [-0.39, 0.29) is 30.1 Å². The van der Waals surface area contributed by atoms with E-state index in [1.54, 1.807) is 16.8 Å². The van der Waals surface area contributed by atoms with Gasteiger partial charge in [0.05, 0.1) is 5.52 Å². The quantitative estimate of drug-likeness (QED) is 0.464. The first-order chi connectivity index (χ1) is 16.1. The highest BCUT2D eigenvalue weighted by Gasteiger charge is 2.29. The number of hydrogen-bond donors (Lipinski definition) is 1. The van der Waals surface area contributed by atoms with Crippen molar-refractivity contribution in [2.24, 2.45) is 0 Å². The summed E-state index contributed by atoms with van der Waals surface area (Å²) in [6.45, 7) is 1.59.